The van der Waals surface area contributed by atoms with Crippen LogP contribution in [0.15, 0.2) is 24.3 Å². The Hall–Kier alpha value is -1.02. The summed E-state index contributed by atoms with van der Waals surface area (Å²) in [5, 5.41) is 3.55. The predicted octanol–water partition coefficient (Wildman–Crippen LogP) is 3.55. The Balaban J connectivity index is 1.70. The van der Waals surface area contributed by atoms with Gasteiger partial charge in [0.2, 0.25) is 0 Å². The maximum absolute atomic E-state index is 6.19. The first-order valence-corrected chi connectivity index (χ1v) is 7.80. The molecule has 0 saturated heterocycles. The van der Waals surface area contributed by atoms with Crippen molar-refractivity contribution < 1.29 is 4.74 Å². The molecule has 104 valence electrons. The summed E-state index contributed by atoms with van der Waals surface area (Å²) >= 11 is 0. The third-order valence-corrected chi connectivity index (χ3v) is 4.81. The Bertz CT molecular complexity index is 384. The zero-order chi connectivity index (χ0) is 13.1. The number of fused-ring (bicyclic) bond motifs is 1. The van der Waals surface area contributed by atoms with Gasteiger partial charge in [-0.15, -0.1) is 0 Å². The minimum atomic E-state index is 0.325. The van der Waals surface area contributed by atoms with Crippen molar-refractivity contribution in [3.63, 3.8) is 0 Å². The summed E-state index contributed by atoms with van der Waals surface area (Å²) in [5.74, 6) is 1.88. The van der Waals surface area contributed by atoms with E-state index in [0.717, 1.165) is 18.1 Å². The molecule has 0 bridgehead atoms. The van der Waals surface area contributed by atoms with Crippen LogP contribution in [0.3, 0.4) is 0 Å². The highest BCUT2D eigenvalue weighted by molar-refractivity contribution is 5.37. The van der Waals surface area contributed by atoms with Gasteiger partial charge in [0.15, 0.2) is 0 Å². The van der Waals surface area contributed by atoms with Gasteiger partial charge < -0.3 is 10.1 Å². The molecule has 2 atom stereocenters. The van der Waals surface area contributed by atoms with Crippen LogP contribution in [0.2, 0.25) is 0 Å². The van der Waals surface area contributed by atoms with Crippen molar-refractivity contribution in [3.05, 3.63) is 29.8 Å². The van der Waals surface area contributed by atoms with Gasteiger partial charge in [0, 0.05) is 12.5 Å². The minimum absolute atomic E-state index is 0.325. The van der Waals surface area contributed by atoms with Crippen molar-refractivity contribution >= 4 is 0 Å². The van der Waals surface area contributed by atoms with Crippen LogP contribution < -0.4 is 10.1 Å². The first kappa shape index (κ1) is 13.0. The number of hydrogen-bond donors (Lipinski definition) is 1. The maximum atomic E-state index is 6.19. The van der Waals surface area contributed by atoms with Crippen LogP contribution in [0.4, 0.5) is 0 Å². The van der Waals surface area contributed by atoms with Gasteiger partial charge in [-0.3, -0.25) is 0 Å². The molecule has 2 unspecified atom stereocenters. The maximum Gasteiger partial charge on any atom is 0.123 e. The van der Waals surface area contributed by atoms with Gasteiger partial charge in [-0.05, 0) is 37.4 Å². The standard InChI is InChI=1S/C17H25NO/c1-18-17(13-8-4-2-3-5-9-13)16-12-14-10-6-7-11-15(14)19-16/h6-7,10-11,13,16-18H,2-5,8-9,12H2,1H3. The molecule has 0 aromatic heterocycles. The van der Waals surface area contributed by atoms with Gasteiger partial charge in [0.25, 0.3) is 0 Å². The molecular formula is C17H25NO. The molecule has 0 amide bonds. The quantitative estimate of drug-likeness (QED) is 0.838. The number of nitrogens with one attached hydrogen (secondary N) is 1. The molecule has 1 fully saturated rings. The highest BCUT2D eigenvalue weighted by Crippen LogP contribution is 2.34. The molecule has 0 spiro atoms. The third-order valence-electron chi connectivity index (χ3n) is 4.81. The molecule has 2 nitrogen and oxygen atoms in total. The van der Waals surface area contributed by atoms with E-state index in [2.05, 4.69) is 36.6 Å². The van der Waals surface area contributed by atoms with E-state index in [1.165, 1.54) is 44.1 Å². The summed E-state index contributed by atoms with van der Waals surface area (Å²) in [6, 6.07) is 9.00. The molecule has 2 heteroatoms. The Kier molecular flexibility index (Phi) is 4.07. The molecule has 1 aliphatic carbocycles. The lowest BCUT2D eigenvalue weighted by atomic mass is 9.87. The van der Waals surface area contributed by atoms with E-state index in [1.807, 2.05) is 0 Å². The summed E-state index contributed by atoms with van der Waals surface area (Å²) in [5.41, 5.74) is 1.38. The third kappa shape index (κ3) is 2.79. The average molecular weight is 259 g/mol. The number of hydrogen-bond acceptors (Lipinski definition) is 2. The number of benzene rings is 1. The first-order chi connectivity index (χ1) is 9.38. The van der Waals surface area contributed by atoms with Crippen molar-refractivity contribution in [2.24, 2.45) is 5.92 Å². The normalized spacial score (nSPS) is 25.4. The number of rotatable bonds is 3. The van der Waals surface area contributed by atoms with Crippen LogP contribution in [0, 0.1) is 5.92 Å². The Morgan fingerprint density at radius 2 is 1.84 bits per heavy atom. The summed E-state index contributed by atoms with van der Waals surface area (Å²) in [6.07, 6.45) is 9.73. The van der Waals surface area contributed by atoms with Crippen molar-refractivity contribution in [3.8, 4) is 5.75 Å². The zero-order valence-electron chi connectivity index (χ0n) is 11.9. The minimum Gasteiger partial charge on any atom is -0.488 e. The van der Waals surface area contributed by atoms with Crippen molar-refractivity contribution in [2.45, 2.75) is 57.1 Å². The van der Waals surface area contributed by atoms with E-state index < -0.39 is 0 Å². The largest absolute Gasteiger partial charge is 0.488 e. The van der Waals surface area contributed by atoms with Gasteiger partial charge >= 0.3 is 0 Å². The average Bonchev–Trinajstić information content (AvgIpc) is 2.67. The molecule has 1 aromatic rings. The first-order valence-electron chi connectivity index (χ1n) is 7.80. The number of para-hydroxylation sites is 1. The second-order valence-electron chi connectivity index (χ2n) is 6.03. The van der Waals surface area contributed by atoms with E-state index in [4.69, 9.17) is 4.74 Å². The molecule has 19 heavy (non-hydrogen) atoms. The second-order valence-corrected chi connectivity index (χ2v) is 6.03. The predicted molar refractivity (Wildman–Crippen MR) is 78.6 cm³/mol. The fourth-order valence-electron chi connectivity index (χ4n) is 3.80. The van der Waals surface area contributed by atoms with Gasteiger partial charge in [0.1, 0.15) is 11.9 Å². The Morgan fingerprint density at radius 3 is 2.53 bits per heavy atom. The van der Waals surface area contributed by atoms with Crippen LogP contribution in [0.5, 0.6) is 5.75 Å². The molecule has 1 heterocycles. The fraction of sp³-hybridized carbons (Fsp3) is 0.647. The highest BCUT2D eigenvalue weighted by atomic mass is 16.5. The molecule has 1 N–H and O–H groups in total. The van der Waals surface area contributed by atoms with Gasteiger partial charge in [-0.2, -0.15) is 0 Å². The number of ether oxygens (including phenoxy) is 1. The molecule has 0 radical (unpaired) electrons. The topological polar surface area (TPSA) is 21.3 Å². The SMILES string of the molecule is CNC(C1CCCCCC1)C1Cc2ccccc2O1. The van der Waals surface area contributed by atoms with Gasteiger partial charge in [-0.25, -0.2) is 0 Å². The smallest absolute Gasteiger partial charge is 0.123 e. The summed E-state index contributed by atoms with van der Waals surface area (Å²) in [7, 11) is 2.10. The van der Waals surface area contributed by atoms with Crippen LogP contribution in [0.1, 0.15) is 44.1 Å². The molecule has 1 aliphatic heterocycles. The Labute approximate surface area is 116 Å². The summed E-state index contributed by atoms with van der Waals surface area (Å²) in [4.78, 5) is 0. The second kappa shape index (κ2) is 5.96. The van der Waals surface area contributed by atoms with Crippen LogP contribution in [-0.2, 0) is 6.42 Å². The zero-order valence-corrected chi connectivity index (χ0v) is 11.9. The lowest BCUT2D eigenvalue weighted by molar-refractivity contribution is 0.137. The molecule has 1 saturated carbocycles. The van der Waals surface area contributed by atoms with E-state index in [1.54, 1.807) is 0 Å². The monoisotopic (exact) mass is 259 g/mol. The molecular weight excluding hydrogens is 234 g/mol. The summed E-state index contributed by atoms with van der Waals surface area (Å²) < 4.78 is 6.19. The van der Waals surface area contributed by atoms with Crippen molar-refractivity contribution in [1.82, 2.24) is 5.32 Å². The lowest BCUT2D eigenvalue weighted by Gasteiger charge is -2.30. The Morgan fingerprint density at radius 1 is 1.11 bits per heavy atom. The molecule has 1 aromatic carbocycles. The molecule has 3 rings (SSSR count). The van der Waals surface area contributed by atoms with Crippen LogP contribution >= 0.6 is 0 Å². The summed E-state index contributed by atoms with van der Waals surface area (Å²) in [6.45, 7) is 0. The van der Waals surface area contributed by atoms with E-state index in [0.29, 0.717) is 12.1 Å². The van der Waals surface area contributed by atoms with Gasteiger partial charge in [-0.1, -0.05) is 43.9 Å². The van der Waals surface area contributed by atoms with Crippen molar-refractivity contribution in [2.75, 3.05) is 7.05 Å². The molecule has 2 aliphatic rings. The lowest BCUT2D eigenvalue weighted by Crippen LogP contribution is -2.46. The van der Waals surface area contributed by atoms with Crippen LogP contribution in [0.25, 0.3) is 0 Å². The van der Waals surface area contributed by atoms with E-state index in [9.17, 15) is 0 Å². The highest BCUT2D eigenvalue weighted by Gasteiger charge is 2.34. The number of likely N-dealkylation sites (N-methyl/N-ethyl adjacent to an activating group) is 1. The fourth-order valence-corrected chi connectivity index (χ4v) is 3.80. The van der Waals surface area contributed by atoms with E-state index in [-0.39, 0.29) is 0 Å². The van der Waals surface area contributed by atoms with Crippen LogP contribution in [-0.4, -0.2) is 19.2 Å². The van der Waals surface area contributed by atoms with E-state index >= 15 is 0 Å². The van der Waals surface area contributed by atoms with Gasteiger partial charge in [0.05, 0.1) is 0 Å². The van der Waals surface area contributed by atoms with Crippen molar-refractivity contribution in [1.29, 1.82) is 0 Å².